The number of nitrogens with zero attached hydrogens (tertiary/aromatic N) is 2. The van der Waals surface area contributed by atoms with Gasteiger partial charge in [0.15, 0.2) is 5.78 Å². The van der Waals surface area contributed by atoms with Crippen molar-refractivity contribution in [2.75, 3.05) is 5.32 Å². The molecule has 0 atom stereocenters. The molecular formula is C17H14FN3O2. The number of anilines is 1. The molecule has 1 heterocycles. The highest BCUT2D eigenvalue weighted by atomic mass is 19.1. The Morgan fingerprint density at radius 1 is 1.17 bits per heavy atom. The van der Waals surface area contributed by atoms with Crippen molar-refractivity contribution in [2.24, 2.45) is 0 Å². The summed E-state index contributed by atoms with van der Waals surface area (Å²) in [4.78, 5) is 11.4. The standard InChI is InChI=1S/C17H14FN3O2/c1-11(22)13-3-2-4-15(9-13)19-10-16-20-21-17(23-16)12-5-7-14(18)8-6-12/h2-9,19H,10H2,1H3. The van der Waals surface area contributed by atoms with Gasteiger partial charge < -0.3 is 9.73 Å². The van der Waals surface area contributed by atoms with Gasteiger partial charge in [-0.3, -0.25) is 4.79 Å². The number of carbonyl (C=O) groups is 1. The van der Waals surface area contributed by atoms with Crippen molar-refractivity contribution >= 4 is 11.5 Å². The number of hydrogen-bond acceptors (Lipinski definition) is 5. The first-order valence-corrected chi connectivity index (χ1v) is 7.05. The zero-order chi connectivity index (χ0) is 16.2. The average Bonchev–Trinajstić information content (AvgIpc) is 3.03. The number of halogens is 1. The number of nitrogens with one attached hydrogen (secondary N) is 1. The van der Waals surface area contributed by atoms with E-state index in [0.717, 1.165) is 5.69 Å². The van der Waals surface area contributed by atoms with Gasteiger partial charge in [-0.15, -0.1) is 10.2 Å². The maximum absolute atomic E-state index is 12.9. The molecule has 5 nitrogen and oxygen atoms in total. The smallest absolute Gasteiger partial charge is 0.247 e. The predicted octanol–water partition coefficient (Wildman–Crippen LogP) is 3.69. The largest absolute Gasteiger partial charge is 0.419 e. The van der Waals surface area contributed by atoms with Crippen LogP contribution in [-0.2, 0) is 6.54 Å². The minimum absolute atomic E-state index is 0.00466. The maximum atomic E-state index is 12.9. The Labute approximate surface area is 132 Å². The van der Waals surface area contributed by atoms with Crippen LogP contribution in [0.3, 0.4) is 0 Å². The van der Waals surface area contributed by atoms with Crippen molar-refractivity contribution in [3.63, 3.8) is 0 Å². The molecule has 0 radical (unpaired) electrons. The molecule has 2 aromatic carbocycles. The van der Waals surface area contributed by atoms with Gasteiger partial charge >= 0.3 is 0 Å². The van der Waals surface area contributed by atoms with Crippen LogP contribution >= 0.6 is 0 Å². The molecule has 0 aliphatic rings. The van der Waals surface area contributed by atoms with E-state index in [9.17, 15) is 9.18 Å². The predicted molar refractivity (Wildman–Crippen MR) is 83.5 cm³/mol. The maximum Gasteiger partial charge on any atom is 0.247 e. The van der Waals surface area contributed by atoms with E-state index in [2.05, 4.69) is 15.5 Å². The van der Waals surface area contributed by atoms with Crippen LogP contribution in [0, 0.1) is 5.82 Å². The Balaban J connectivity index is 1.69. The van der Waals surface area contributed by atoms with Gasteiger partial charge in [0.2, 0.25) is 11.8 Å². The summed E-state index contributed by atoms with van der Waals surface area (Å²) in [6.45, 7) is 1.85. The molecular weight excluding hydrogens is 297 g/mol. The molecule has 1 N–H and O–H groups in total. The van der Waals surface area contributed by atoms with E-state index in [1.165, 1.54) is 19.1 Å². The number of aromatic nitrogens is 2. The van der Waals surface area contributed by atoms with E-state index < -0.39 is 0 Å². The van der Waals surface area contributed by atoms with Crippen molar-refractivity contribution in [3.8, 4) is 11.5 Å². The molecule has 6 heteroatoms. The molecule has 0 spiro atoms. The van der Waals surface area contributed by atoms with Crippen LogP contribution in [0.15, 0.2) is 52.9 Å². The van der Waals surface area contributed by atoms with Crippen LogP contribution < -0.4 is 5.32 Å². The second-order valence-electron chi connectivity index (χ2n) is 5.00. The first kappa shape index (κ1) is 14.9. The third-order valence-electron chi connectivity index (χ3n) is 3.27. The van der Waals surface area contributed by atoms with Crippen molar-refractivity contribution < 1.29 is 13.6 Å². The lowest BCUT2D eigenvalue weighted by molar-refractivity contribution is 0.101. The number of rotatable bonds is 5. The van der Waals surface area contributed by atoms with Gasteiger partial charge in [-0.05, 0) is 43.3 Å². The van der Waals surface area contributed by atoms with Crippen LogP contribution in [0.2, 0.25) is 0 Å². The summed E-state index contributed by atoms with van der Waals surface area (Å²) < 4.78 is 18.4. The molecule has 23 heavy (non-hydrogen) atoms. The zero-order valence-electron chi connectivity index (χ0n) is 12.4. The Morgan fingerprint density at radius 3 is 2.70 bits per heavy atom. The third-order valence-corrected chi connectivity index (χ3v) is 3.27. The molecule has 0 saturated carbocycles. The molecule has 0 unspecified atom stereocenters. The first-order valence-electron chi connectivity index (χ1n) is 7.05. The molecule has 1 aromatic heterocycles. The minimum atomic E-state index is -0.319. The number of Topliss-reactive ketones (excluding diaryl/α,β-unsaturated/α-hetero) is 1. The van der Waals surface area contributed by atoms with E-state index in [-0.39, 0.29) is 11.6 Å². The third kappa shape index (κ3) is 3.60. The van der Waals surface area contributed by atoms with Gasteiger partial charge in [-0.1, -0.05) is 12.1 Å². The molecule has 116 valence electrons. The minimum Gasteiger partial charge on any atom is -0.419 e. The topological polar surface area (TPSA) is 68.0 Å². The van der Waals surface area contributed by atoms with Crippen molar-refractivity contribution in [3.05, 3.63) is 65.8 Å². The average molecular weight is 311 g/mol. The van der Waals surface area contributed by atoms with Gasteiger partial charge in [0.25, 0.3) is 0 Å². The number of hydrogen-bond donors (Lipinski definition) is 1. The van der Waals surface area contributed by atoms with E-state index in [0.29, 0.717) is 29.5 Å². The number of benzene rings is 2. The fraction of sp³-hybridized carbons (Fsp3) is 0.118. The van der Waals surface area contributed by atoms with Crippen molar-refractivity contribution in [1.29, 1.82) is 0 Å². The second kappa shape index (κ2) is 6.39. The highest BCUT2D eigenvalue weighted by molar-refractivity contribution is 5.94. The SMILES string of the molecule is CC(=O)c1cccc(NCc2nnc(-c3ccc(F)cc3)o2)c1. The quantitative estimate of drug-likeness (QED) is 0.728. The molecule has 3 aromatic rings. The Bertz CT molecular complexity index is 828. The molecule has 0 fully saturated rings. The Kier molecular flexibility index (Phi) is 4.14. The van der Waals surface area contributed by atoms with Gasteiger partial charge in [-0.2, -0.15) is 0 Å². The monoisotopic (exact) mass is 311 g/mol. The van der Waals surface area contributed by atoms with Crippen LogP contribution in [-0.4, -0.2) is 16.0 Å². The first-order chi connectivity index (χ1) is 11.1. The number of carbonyl (C=O) groups excluding carboxylic acids is 1. The summed E-state index contributed by atoms with van der Waals surface area (Å²) in [5.41, 5.74) is 2.08. The van der Waals surface area contributed by atoms with Crippen LogP contribution in [0.25, 0.3) is 11.5 Å². The molecule has 0 aliphatic carbocycles. The molecule has 3 rings (SSSR count). The van der Waals surface area contributed by atoms with E-state index in [4.69, 9.17) is 4.42 Å². The summed E-state index contributed by atoms with van der Waals surface area (Å²) >= 11 is 0. The summed E-state index contributed by atoms with van der Waals surface area (Å²) in [6.07, 6.45) is 0. The van der Waals surface area contributed by atoms with Gasteiger partial charge in [-0.25, -0.2) is 4.39 Å². The van der Waals surface area contributed by atoms with E-state index >= 15 is 0 Å². The van der Waals surface area contributed by atoms with Crippen LogP contribution in [0.4, 0.5) is 10.1 Å². The van der Waals surface area contributed by atoms with Gasteiger partial charge in [0.1, 0.15) is 5.82 Å². The molecule has 0 amide bonds. The lowest BCUT2D eigenvalue weighted by Crippen LogP contribution is -2.01. The van der Waals surface area contributed by atoms with Crippen molar-refractivity contribution in [1.82, 2.24) is 10.2 Å². The van der Waals surface area contributed by atoms with Crippen molar-refractivity contribution in [2.45, 2.75) is 13.5 Å². The van der Waals surface area contributed by atoms with E-state index in [1.54, 1.807) is 30.3 Å². The lowest BCUT2D eigenvalue weighted by atomic mass is 10.1. The summed E-state index contributed by atoms with van der Waals surface area (Å²) in [5.74, 6) is 0.419. The molecule has 0 aliphatic heterocycles. The van der Waals surface area contributed by atoms with Crippen LogP contribution in [0.1, 0.15) is 23.2 Å². The molecule has 0 saturated heterocycles. The summed E-state index contributed by atoms with van der Waals surface area (Å²) in [7, 11) is 0. The highest BCUT2D eigenvalue weighted by Gasteiger charge is 2.09. The fourth-order valence-electron chi connectivity index (χ4n) is 2.06. The number of ketones is 1. The van der Waals surface area contributed by atoms with Gasteiger partial charge in [0.05, 0.1) is 6.54 Å². The Morgan fingerprint density at radius 2 is 1.96 bits per heavy atom. The summed E-state index contributed by atoms with van der Waals surface area (Å²) in [6, 6.07) is 13.0. The summed E-state index contributed by atoms with van der Waals surface area (Å²) in [5, 5.41) is 11.0. The van der Waals surface area contributed by atoms with Gasteiger partial charge in [0, 0.05) is 16.8 Å². The highest BCUT2D eigenvalue weighted by Crippen LogP contribution is 2.19. The normalized spacial score (nSPS) is 10.5. The van der Waals surface area contributed by atoms with E-state index in [1.807, 2.05) is 6.07 Å². The second-order valence-corrected chi connectivity index (χ2v) is 5.00. The Hall–Kier alpha value is -3.02. The zero-order valence-corrected chi connectivity index (χ0v) is 12.4. The van der Waals surface area contributed by atoms with Crippen LogP contribution in [0.5, 0.6) is 0 Å². The lowest BCUT2D eigenvalue weighted by Gasteiger charge is -2.04. The molecule has 0 bridgehead atoms. The fourth-order valence-corrected chi connectivity index (χ4v) is 2.06.